The number of rotatable bonds is 8. The minimum Gasteiger partial charge on any atom is -0.356 e. The van der Waals surface area contributed by atoms with E-state index in [0.717, 1.165) is 44.0 Å². The molecule has 1 heterocycles. The summed E-state index contributed by atoms with van der Waals surface area (Å²) in [4.78, 5) is 8.93. The first-order chi connectivity index (χ1) is 11.7. The first-order valence-corrected chi connectivity index (χ1v) is 9.49. The van der Waals surface area contributed by atoms with E-state index in [4.69, 9.17) is 0 Å². The topological polar surface area (TPSA) is 49.3 Å². The van der Waals surface area contributed by atoms with Crippen LogP contribution in [0.3, 0.4) is 0 Å². The molecule has 138 valence electrons. The number of hydrogen-bond acceptors (Lipinski definition) is 3. The number of hydrogen-bond donors (Lipinski definition) is 2. The molecule has 0 atom stereocenters. The van der Waals surface area contributed by atoms with Crippen LogP contribution in [-0.4, -0.2) is 31.1 Å². The number of guanidine groups is 1. The molecule has 0 saturated carbocycles. The molecule has 1 aromatic heterocycles. The van der Waals surface area contributed by atoms with Gasteiger partial charge >= 0.3 is 0 Å². The third kappa shape index (κ3) is 8.18. The third-order valence-corrected chi connectivity index (χ3v) is 4.93. The SMILES string of the molecule is CN=C(NCCCc1ccccc1)NCCc1csc(C(C)C)n1.I. The Kier molecular flexibility index (Phi) is 10.7. The molecular weight excluding hydrogens is 443 g/mol. The van der Waals surface area contributed by atoms with Crippen molar-refractivity contribution in [3.63, 3.8) is 0 Å². The normalized spacial score (nSPS) is 11.3. The highest BCUT2D eigenvalue weighted by Gasteiger charge is 2.05. The van der Waals surface area contributed by atoms with Gasteiger partial charge in [0.15, 0.2) is 5.96 Å². The van der Waals surface area contributed by atoms with Crippen LogP contribution in [0.25, 0.3) is 0 Å². The summed E-state index contributed by atoms with van der Waals surface area (Å²) in [5.74, 6) is 1.37. The first kappa shape index (κ1) is 21.9. The Bertz CT molecular complexity index is 625. The number of thiazole rings is 1. The molecule has 6 heteroatoms. The minimum absolute atomic E-state index is 0. The van der Waals surface area contributed by atoms with E-state index in [-0.39, 0.29) is 24.0 Å². The van der Waals surface area contributed by atoms with Crippen LogP contribution < -0.4 is 10.6 Å². The van der Waals surface area contributed by atoms with Crippen LogP contribution in [0, 0.1) is 0 Å². The van der Waals surface area contributed by atoms with Crippen molar-refractivity contribution in [2.24, 2.45) is 4.99 Å². The maximum Gasteiger partial charge on any atom is 0.190 e. The molecule has 0 radical (unpaired) electrons. The Morgan fingerprint density at radius 2 is 1.84 bits per heavy atom. The van der Waals surface area contributed by atoms with Crippen LogP contribution in [-0.2, 0) is 12.8 Å². The fraction of sp³-hybridized carbons (Fsp3) is 0.474. The summed E-state index contributed by atoms with van der Waals surface area (Å²) in [5.41, 5.74) is 2.54. The Morgan fingerprint density at radius 3 is 2.48 bits per heavy atom. The molecule has 2 aromatic rings. The van der Waals surface area contributed by atoms with Gasteiger partial charge < -0.3 is 10.6 Å². The van der Waals surface area contributed by atoms with Crippen LogP contribution in [0.1, 0.15) is 42.5 Å². The van der Waals surface area contributed by atoms with Crippen molar-refractivity contribution in [1.29, 1.82) is 0 Å². The summed E-state index contributed by atoms with van der Waals surface area (Å²) >= 11 is 1.75. The molecule has 0 fully saturated rings. The standard InChI is InChI=1S/C19H28N4S.HI/c1-15(2)18-23-17(14-24-18)11-13-22-19(20-3)21-12-7-10-16-8-5-4-6-9-16;/h4-6,8-9,14-15H,7,10-13H2,1-3H3,(H2,20,21,22);1H. The quantitative estimate of drug-likeness (QED) is 0.262. The molecule has 0 amide bonds. The molecule has 0 saturated heterocycles. The Labute approximate surface area is 172 Å². The summed E-state index contributed by atoms with van der Waals surface area (Å²) in [7, 11) is 1.81. The predicted molar refractivity (Wildman–Crippen MR) is 119 cm³/mol. The smallest absolute Gasteiger partial charge is 0.190 e. The monoisotopic (exact) mass is 472 g/mol. The van der Waals surface area contributed by atoms with E-state index in [1.807, 2.05) is 7.05 Å². The zero-order valence-electron chi connectivity index (χ0n) is 15.3. The zero-order valence-corrected chi connectivity index (χ0v) is 18.4. The van der Waals surface area contributed by atoms with Gasteiger partial charge in [0.1, 0.15) is 0 Å². The summed E-state index contributed by atoms with van der Waals surface area (Å²) in [5, 5.41) is 10.1. The second kappa shape index (κ2) is 12.2. The maximum atomic E-state index is 4.66. The van der Waals surface area contributed by atoms with E-state index in [1.165, 1.54) is 10.6 Å². The number of nitrogens with zero attached hydrogens (tertiary/aromatic N) is 2. The Morgan fingerprint density at radius 1 is 1.12 bits per heavy atom. The van der Waals surface area contributed by atoms with E-state index in [9.17, 15) is 0 Å². The molecule has 2 N–H and O–H groups in total. The Balaban J connectivity index is 0.00000312. The highest BCUT2D eigenvalue weighted by Crippen LogP contribution is 2.19. The van der Waals surface area contributed by atoms with Crippen molar-refractivity contribution in [2.45, 2.75) is 39.0 Å². The minimum atomic E-state index is 0. The summed E-state index contributed by atoms with van der Waals surface area (Å²) in [6.45, 7) is 6.13. The van der Waals surface area contributed by atoms with Gasteiger partial charge in [-0.25, -0.2) is 4.98 Å². The largest absolute Gasteiger partial charge is 0.356 e. The lowest BCUT2D eigenvalue weighted by atomic mass is 10.1. The van der Waals surface area contributed by atoms with Crippen molar-refractivity contribution in [1.82, 2.24) is 15.6 Å². The summed E-state index contributed by atoms with van der Waals surface area (Å²) in [6, 6.07) is 10.6. The molecule has 0 aliphatic carbocycles. The molecule has 1 aromatic carbocycles. The van der Waals surface area contributed by atoms with Crippen molar-refractivity contribution in [3.05, 3.63) is 52.0 Å². The van der Waals surface area contributed by atoms with Gasteiger partial charge in [-0.05, 0) is 18.4 Å². The number of aliphatic imine (C=N–C) groups is 1. The van der Waals surface area contributed by atoms with Gasteiger partial charge in [0.05, 0.1) is 10.7 Å². The maximum absolute atomic E-state index is 4.66. The molecule has 4 nitrogen and oxygen atoms in total. The lowest BCUT2D eigenvalue weighted by Gasteiger charge is -2.11. The van der Waals surface area contributed by atoms with E-state index in [1.54, 1.807) is 11.3 Å². The van der Waals surface area contributed by atoms with Gasteiger partial charge in [0.2, 0.25) is 0 Å². The highest BCUT2D eigenvalue weighted by atomic mass is 127. The number of aromatic nitrogens is 1. The van der Waals surface area contributed by atoms with Crippen molar-refractivity contribution >= 4 is 41.3 Å². The lowest BCUT2D eigenvalue weighted by Crippen LogP contribution is -2.38. The predicted octanol–water partition coefficient (Wildman–Crippen LogP) is 4.22. The number of benzene rings is 1. The molecular formula is C19H29IN4S. The van der Waals surface area contributed by atoms with Crippen molar-refractivity contribution < 1.29 is 0 Å². The molecule has 0 unspecified atom stereocenters. The van der Waals surface area contributed by atoms with Crippen LogP contribution in [0.4, 0.5) is 0 Å². The summed E-state index contributed by atoms with van der Waals surface area (Å²) in [6.07, 6.45) is 3.10. The average molecular weight is 472 g/mol. The zero-order chi connectivity index (χ0) is 17.2. The van der Waals surface area contributed by atoms with E-state index in [2.05, 4.69) is 70.2 Å². The second-order valence-corrected chi connectivity index (χ2v) is 6.99. The van der Waals surface area contributed by atoms with Gasteiger partial charge in [0.25, 0.3) is 0 Å². The second-order valence-electron chi connectivity index (χ2n) is 6.10. The Hall–Kier alpha value is -1.15. The molecule has 2 rings (SSSR count). The molecule has 0 aliphatic heterocycles. The van der Waals surface area contributed by atoms with E-state index >= 15 is 0 Å². The molecule has 0 bridgehead atoms. The van der Waals surface area contributed by atoms with Crippen LogP contribution in [0.5, 0.6) is 0 Å². The number of nitrogens with one attached hydrogen (secondary N) is 2. The fourth-order valence-electron chi connectivity index (χ4n) is 2.38. The van der Waals surface area contributed by atoms with Crippen molar-refractivity contribution in [3.8, 4) is 0 Å². The van der Waals surface area contributed by atoms with Crippen molar-refractivity contribution in [2.75, 3.05) is 20.1 Å². The average Bonchev–Trinajstić information content (AvgIpc) is 3.07. The van der Waals surface area contributed by atoms with Gasteiger partial charge in [-0.1, -0.05) is 44.2 Å². The van der Waals surface area contributed by atoms with Crippen LogP contribution >= 0.6 is 35.3 Å². The number of halogens is 1. The summed E-state index contributed by atoms with van der Waals surface area (Å²) < 4.78 is 0. The van der Waals surface area contributed by atoms with Crippen LogP contribution in [0.15, 0.2) is 40.7 Å². The van der Waals surface area contributed by atoms with Gasteiger partial charge in [-0.15, -0.1) is 35.3 Å². The molecule has 25 heavy (non-hydrogen) atoms. The van der Waals surface area contributed by atoms with E-state index in [0.29, 0.717) is 5.92 Å². The molecule has 0 aliphatic rings. The van der Waals surface area contributed by atoms with E-state index < -0.39 is 0 Å². The third-order valence-electron chi connectivity index (χ3n) is 3.74. The fourth-order valence-corrected chi connectivity index (χ4v) is 3.25. The van der Waals surface area contributed by atoms with Gasteiger partial charge in [-0.3, -0.25) is 4.99 Å². The lowest BCUT2D eigenvalue weighted by molar-refractivity contribution is 0.735. The van der Waals surface area contributed by atoms with Gasteiger partial charge in [0, 0.05) is 37.9 Å². The van der Waals surface area contributed by atoms with Gasteiger partial charge in [-0.2, -0.15) is 0 Å². The highest BCUT2D eigenvalue weighted by molar-refractivity contribution is 14.0. The van der Waals surface area contributed by atoms with Crippen LogP contribution in [0.2, 0.25) is 0 Å². The first-order valence-electron chi connectivity index (χ1n) is 8.61. The number of aryl methyl sites for hydroxylation is 1. The molecule has 0 spiro atoms.